The summed E-state index contributed by atoms with van der Waals surface area (Å²) in [6, 6.07) is 87.8. The Bertz CT molecular complexity index is 3230. The summed E-state index contributed by atoms with van der Waals surface area (Å²) in [6.45, 7) is 0. The smallest absolute Gasteiger partial charge is 0.0546 e. The second-order valence-corrected chi connectivity index (χ2v) is 15.3. The molecule has 1 heterocycles. The Morgan fingerprint density at radius 1 is 0.283 bits per heavy atom. The van der Waals surface area contributed by atoms with Gasteiger partial charge in [-0.15, -0.1) is 0 Å². The Morgan fingerprint density at radius 2 is 0.767 bits per heavy atom. The summed E-state index contributed by atoms with van der Waals surface area (Å²) < 4.78 is 2.44. The summed E-state index contributed by atoms with van der Waals surface area (Å²) >= 11 is 0. The van der Waals surface area contributed by atoms with E-state index in [0.29, 0.717) is 0 Å². The largest absolute Gasteiger partial charge is 0.310 e. The van der Waals surface area contributed by atoms with Crippen molar-refractivity contribution < 1.29 is 0 Å². The van der Waals surface area contributed by atoms with E-state index >= 15 is 0 Å². The molecule has 0 aliphatic rings. The summed E-state index contributed by atoms with van der Waals surface area (Å²) in [5.41, 5.74) is 16.3. The minimum atomic E-state index is 1.08. The van der Waals surface area contributed by atoms with Gasteiger partial charge in [-0.2, -0.15) is 0 Å². The SMILES string of the molecule is c1ccc(-c2ccc(N(c3ccc(-c4cccc(-n5c6ccccc6c6ccccc65)c4-c4ccccc4)cc3)c3cccc(-c4cccc5ccccc45)c3)cc2)cc1. The van der Waals surface area contributed by atoms with Gasteiger partial charge in [0.25, 0.3) is 0 Å². The van der Waals surface area contributed by atoms with Crippen molar-refractivity contribution in [3.05, 3.63) is 243 Å². The highest BCUT2D eigenvalue weighted by atomic mass is 15.1. The first-order valence-corrected chi connectivity index (χ1v) is 20.6. The van der Waals surface area contributed by atoms with E-state index in [0.717, 1.165) is 28.3 Å². The summed E-state index contributed by atoms with van der Waals surface area (Å²) in [4.78, 5) is 2.37. The molecule has 60 heavy (non-hydrogen) atoms. The van der Waals surface area contributed by atoms with Crippen LogP contribution in [0.3, 0.4) is 0 Å². The van der Waals surface area contributed by atoms with Gasteiger partial charge in [0, 0.05) is 33.4 Å². The van der Waals surface area contributed by atoms with Crippen LogP contribution in [-0.2, 0) is 0 Å². The van der Waals surface area contributed by atoms with Crippen LogP contribution in [0.1, 0.15) is 0 Å². The molecule has 0 N–H and O–H groups in total. The maximum atomic E-state index is 2.44. The standard InChI is InChI=1S/C58H40N2/c1-3-16-41(17-4-1)42-32-36-47(37-33-42)59(49-23-13-22-46(40-49)51-27-14-21-43-18-7-8-24-50(43)51)48-38-34-44(35-39-48)52-28-15-31-57(58(52)45-19-5-2-6-20-45)60-55-29-11-9-25-53(55)54-26-10-12-30-56(54)60/h1-40H. The molecule has 0 spiro atoms. The molecule has 1 aromatic heterocycles. The van der Waals surface area contributed by atoms with E-state index in [9.17, 15) is 0 Å². The Labute approximate surface area is 350 Å². The van der Waals surface area contributed by atoms with Gasteiger partial charge < -0.3 is 9.47 Å². The number of aromatic nitrogens is 1. The minimum Gasteiger partial charge on any atom is -0.310 e. The summed E-state index contributed by atoms with van der Waals surface area (Å²) in [7, 11) is 0. The maximum Gasteiger partial charge on any atom is 0.0546 e. The number of fused-ring (bicyclic) bond motifs is 4. The van der Waals surface area contributed by atoms with Gasteiger partial charge in [-0.25, -0.2) is 0 Å². The van der Waals surface area contributed by atoms with E-state index in [2.05, 4.69) is 252 Å². The predicted octanol–water partition coefficient (Wildman–Crippen LogP) is 16.1. The van der Waals surface area contributed by atoms with Gasteiger partial charge in [-0.1, -0.05) is 188 Å². The highest BCUT2D eigenvalue weighted by molar-refractivity contribution is 6.10. The van der Waals surface area contributed by atoms with Crippen LogP contribution in [0.4, 0.5) is 17.1 Å². The molecular formula is C58H40N2. The monoisotopic (exact) mass is 764 g/mol. The molecule has 0 fully saturated rings. The van der Waals surface area contributed by atoms with Crippen LogP contribution in [0, 0.1) is 0 Å². The van der Waals surface area contributed by atoms with E-state index in [4.69, 9.17) is 0 Å². The van der Waals surface area contributed by atoms with E-state index in [1.165, 1.54) is 71.5 Å². The summed E-state index contributed by atoms with van der Waals surface area (Å²) in [6.07, 6.45) is 0. The van der Waals surface area contributed by atoms with Crippen LogP contribution in [0.15, 0.2) is 243 Å². The normalized spacial score (nSPS) is 11.3. The van der Waals surface area contributed by atoms with Gasteiger partial charge >= 0.3 is 0 Å². The fourth-order valence-corrected chi connectivity index (χ4v) is 9.02. The zero-order valence-corrected chi connectivity index (χ0v) is 33.0. The Balaban J connectivity index is 1.06. The van der Waals surface area contributed by atoms with Gasteiger partial charge in [-0.3, -0.25) is 0 Å². The van der Waals surface area contributed by atoms with Crippen LogP contribution in [0.25, 0.3) is 82.8 Å². The van der Waals surface area contributed by atoms with E-state index in [1.807, 2.05) is 0 Å². The molecule has 11 rings (SSSR count). The lowest BCUT2D eigenvalue weighted by atomic mass is 9.92. The first kappa shape index (κ1) is 35.2. The second kappa shape index (κ2) is 15.1. The van der Waals surface area contributed by atoms with E-state index < -0.39 is 0 Å². The topological polar surface area (TPSA) is 8.17 Å². The second-order valence-electron chi connectivity index (χ2n) is 15.3. The lowest BCUT2D eigenvalue weighted by Crippen LogP contribution is -2.10. The highest BCUT2D eigenvalue weighted by Crippen LogP contribution is 2.43. The van der Waals surface area contributed by atoms with Crippen LogP contribution in [0.2, 0.25) is 0 Å². The van der Waals surface area contributed by atoms with Crippen LogP contribution in [0.5, 0.6) is 0 Å². The average Bonchev–Trinajstić information content (AvgIpc) is 3.66. The number of benzene rings is 10. The number of hydrogen-bond donors (Lipinski definition) is 0. The molecule has 11 aromatic rings. The van der Waals surface area contributed by atoms with Crippen molar-refractivity contribution in [2.75, 3.05) is 4.90 Å². The first-order valence-electron chi connectivity index (χ1n) is 20.6. The van der Waals surface area contributed by atoms with Crippen molar-refractivity contribution in [1.82, 2.24) is 4.57 Å². The molecule has 0 atom stereocenters. The molecule has 0 aliphatic heterocycles. The average molecular weight is 765 g/mol. The van der Waals surface area contributed by atoms with Crippen LogP contribution in [-0.4, -0.2) is 4.57 Å². The molecule has 10 aromatic carbocycles. The fraction of sp³-hybridized carbons (Fsp3) is 0. The Kier molecular flexibility index (Phi) is 8.87. The highest BCUT2D eigenvalue weighted by Gasteiger charge is 2.20. The molecule has 2 nitrogen and oxygen atoms in total. The number of nitrogens with zero attached hydrogens (tertiary/aromatic N) is 2. The zero-order valence-electron chi connectivity index (χ0n) is 33.0. The van der Waals surface area contributed by atoms with Crippen molar-refractivity contribution >= 4 is 49.6 Å². The Hall–Kier alpha value is -7.94. The predicted molar refractivity (Wildman–Crippen MR) is 255 cm³/mol. The molecule has 2 heteroatoms. The molecule has 0 amide bonds. The Morgan fingerprint density at radius 3 is 1.45 bits per heavy atom. The molecule has 0 aliphatic carbocycles. The van der Waals surface area contributed by atoms with E-state index in [1.54, 1.807) is 0 Å². The summed E-state index contributed by atoms with van der Waals surface area (Å²) in [5.74, 6) is 0. The number of hydrogen-bond acceptors (Lipinski definition) is 1. The molecule has 0 radical (unpaired) electrons. The lowest BCUT2D eigenvalue weighted by Gasteiger charge is -2.27. The number of anilines is 3. The van der Waals surface area contributed by atoms with Crippen molar-refractivity contribution in [3.63, 3.8) is 0 Å². The van der Waals surface area contributed by atoms with Crippen molar-refractivity contribution in [1.29, 1.82) is 0 Å². The molecule has 0 saturated heterocycles. The van der Waals surface area contributed by atoms with Crippen molar-refractivity contribution in [3.8, 4) is 50.2 Å². The van der Waals surface area contributed by atoms with Gasteiger partial charge in [0.1, 0.15) is 0 Å². The van der Waals surface area contributed by atoms with Crippen molar-refractivity contribution in [2.24, 2.45) is 0 Å². The maximum absolute atomic E-state index is 2.44. The van der Waals surface area contributed by atoms with Crippen molar-refractivity contribution in [2.45, 2.75) is 0 Å². The van der Waals surface area contributed by atoms with Crippen LogP contribution < -0.4 is 4.90 Å². The molecule has 0 saturated carbocycles. The molecule has 0 unspecified atom stereocenters. The van der Waals surface area contributed by atoms with E-state index in [-0.39, 0.29) is 0 Å². The number of para-hydroxylation sites is 2. The third kappa shape index (κ3) is 6.23. The zero-order chi connectivity index (χ0) is 39.8. The fourth-order valence-electron chi connectivity index (χ4n) is 9.02. The number of rotatable bonds is 8. The lowest BCUT2D eigenvalue weighted by molar-refractivity contribution is 1.18. The minimum absolute atomic E-state index is 1.08. The van der Waals surface area contributed by atoms with Gasteiger partial charge in [0.05, 0.1) is 16.7 Å². The van der Waals surface area contributed by atoms with Gasteiger partial charge in [0.2, 0.25) is 0 Å². The third-order valence-corrected chi connectivity index (χ3v) is 11.8. The van der Waals surface area contributed by atoms with Gasteiger partial charge in [0.15, 0.2) is 0 Å². The molecule has 0 bridgehead atoms. The molecule has 282 valence electrons. The quantitative estimate of drug-likeness (QED) is 0.150. The third-order valence-electron chi connectivity index (χ3n) is 11.8. The summed E-state index contributed by atoms with van der Waals surface area (Å²) in [5, 5.41) is 4.99. The molecular weight excluding hydrogens is 725 g/mol. The van der Waals surface area contributed by atoms with Crippen LogP contribution >= 0.6 is 0 Å². The van der Waals surface area contributed by atoms with Gasteiger partial charge in [-0.05, 0) is 104 Å². The first-order chi connectivity index (χ1) is 29.8.